The van der Waals surface area contributed by atoms with Gasteiger partial charge in [-0.15, -0.1) is 0 Å². The SMILES string of the molecule is COc1cc2c(cc1OCc1cc(COc3cc4c(cc3OC)C(=O)N3c5ccccc5C[C@H]3C(S(=O)(=O)O)N4)cc(NC(=O)[C@H](C)NC(=O)[C@H](C)NC(=O)CCCCC(=O)NCCN3C(=O)CC(S)C3=O)c1)NC[C@@H]1Cc3ccccc3N1C2=O. The highest BCUT2D eigenvalue weighted by molar-refractivity contribution is 7.86. The average Bonchev–Trinajstić information content (AvgIpc) is 1.67. The number of thiol groups is 1. The molecule has 10 rings (SSSR count). The number of amides is 8. The highest BCUT2D eigenvalue weighted by Gasteiger charge is 2.47. The van der Waals surface area contributed by atoms with E-state index in [1.54, 1.807) is 54.6 Å². The van der Waals surface area contributed by atoms with Crippen LogP contribution >= 0.6 is 12.6 Å². The van der Waals surface area contributed by atoms with E-state index in [0.717, 1.165) is 21.7 Å². The summed E-state index contributed by atoms with van der Waals surface area (Å²) in [6.07, 6.45) is 1.65. The molecule has 6 atom stereocenters. The van der Waals surface area contributed by atoms with Crippen molar-refractivity contribution in [1.29, 1.82) is 0 Å². The van der Waals surface area contributed by atoms with Gasteiger partial charge in [0.15, 0.2) is 28.4 Å². The topological polar surface area (TPSA) is 310 Å². The van der Waals surface area contributed by atoms with Crippen LogP contribution in [0.2, 0.25) is 0 Å². The molecular formula is C60H65N9O15S2. The highest BCUT2D eigenvalue weighted by Crippen LogP contribution is 2.44. The molecule has 0 spiro atoms. The molecule has 7 N–H and O–H groups in total. The van der Waals surface area contributed by atoms with E-state index >= 15 is 0 Å². The predicted molar refractivity (Wildman–Crippen MR) is 319 cm³/mol. The highest BCUT2D eigenvalue weighted by atomic mass is 32.2. The summed E-state index contributed by atoms with van der Waals surface area (Å²) in [5.41, 5.74) is 5.52. The first-order valence-corrected chi connectivity index (χ1v) is 30.0. The van der Waals surface area contributed by atoms with Crippen molar-refractivity contribution in [3.05, 3.63) is 124 Å². The maximum atomic E-state index is 14.3. The van der Waals surface area contributed by atoms with Crippen molar-refractivity contribution in [2.75, 3.05) is 59.6 Å². The van der Waals surface area contributed by atoms with Gasteiger partial charge >= 0.3 is 0 Å². The molecule has 2 unspecified atom stereocenters. The molecule has 24 nitrogen and oxygen atoms in total. The van der Waals surface area contributed by atoms with Crippen LogP contribution in [0.3, 0.4) is 0 Å². The third-order valence-corrected chi connectivity index (χ3v) is 17.1. The number of nitrogens with one attached hydrogen (secondary N) is 6. The van der Waals surface area contributed by atoms with Gasteiger partial charge in [-0.2, -0.15) is 21.0 Å². The zero-order valence-electron chi connectivity index (χ0n) is 47.5. The van der Waals surface area contributed by atoms with E-state index in [9.17, 15) is 51.3 Å². The number of fused-ring (bicyclic) bond motifs is 8. The van der Waals surface area contributed by atoms with Crippen LogP contribution in [0.1, 0.15) is 88.9 Å². The molecule has 5 aliphatic rings. The van der Waals surface area contributed by atoms with Crippen LogP contribution in [0.15, 0.2) is 91.0 Å². The van der Waals surface area contributed by atoms with E-state index in [-0.39, 0.29) is 110 Å². The number of carbonyl (C=O) groups is 8. The summed E-state index contributed by atoms with van der Waals surface area (Å²) in [6, 6.07) is 22.8. The van der Waals surface area contributed by atoms with Crippen molar-refractivity contribution in [3.8, 4) is 23.0 Å². The summed E-state index contributed by atoms with van der Waals surface area (Å²) in [6.45, 7) is 3.23. The summed E-state index contributed by atoms with van der Waals surface area (Å²) in [7, 11) is -1.95. The minimum Gasteiger partial charge on any atom is -0.493 e. The van der Waals surface area contributed by atoms with Crippen molar-refractivity contribution >= 4 is 98.4 Å². The average molecular weight is 1220 g/mol. The largest absolute Gasteiger partial charge is 0.493 e. The lowest BCUT2D eigenvalue weighted by Crippen LogP contribution is -2.50. The minimum atomic E-state index is -4.79. The van der Waals surface area contributed by atoms with Crippen molar-refractivity contribution in [3.63, 3.8) is 0 Å². The molecule has 86 heavy (non-hydrogen) atoms. The van der Waals surface area contributed by atoms with E-state index in [0.29, 0.717) is 59.6 Å². The fourth-order valence-corrected chi connectivity index (χ4v) is 12.5. The van der Waals surface area contributed by atoms with Crippen LogP contribution in [-0.4, -0.2) is 134 Å². The Morgan fingerprint density at radius 1 is 0.698 bits per heavy atom. The number of imide groups is 1. The Hall–Kier alpha value is -8.88. The number of unbranched alkanes of at least 4 members (excludes halogenated alkanes) is 1. The Balaban J connectivity index is 0.823. The number of likely N-dealkylation sites (tertiary alicyclic amines) is 1. The lowest BCUT2D eigenvalue weighted by molar-refractivity contribution is -0.138. The van der Waals surface area contributed by atoms with Crippen LogP contribution in [0.4, 0.5) is 28.4 Å². The fraction of sp³-hybridized carbons (Fsp3) is 0.367. The Labute approximate surface area is 501 Å². The molecule has 5 aromatic rings. The first-order chi connectivity index (χ1) is 41.2. The number of carbonyl (C=O) groups excluding carboxylic acids is 8. The van der Waals surface area contributed by atoms with Crippen molar-refractivity contribution in [1.82, 2.24) is 20.9 Å². The molecule has 5 aliphatic heterocycles. The predicted octanol–water partition coefficient (Wildman–Crippen LogP) is 4.75. The number of para-hydroxylation sites is 2. The second kappa shape index (κ2) is 25.4. The van der Waals surface area contributed by atoms with E-state index in [4.69, 9.17) is 18.9 Å². The van der Waals surface area contributed by atoms with Gasteiger partial charge in [0.05, 0.1) is 54.1 Å². The second-order valence-corrected chi connectivity index (χ2v) is 23.7. The molecule has 0 aromatic heterocycles. The van der Waals surface area contributed by atoms with Gasteiger partial charge in [0, 0.05) is 68.1 Å². The van der Waals surface area contributed by atoms with Crippen LogP contribution in [0.25, 0.3) is 0 Å². The molecule has 26 heteroatoms. The molecule has 452 valence electrons. The van der Waals surface area contributed by atoms with Crippen LogP contribution in [0, 0.1) is 0 Å². The van der Waals surface area contributed by atoms with Crippen LogP contribution in [0.5, 0.6) is 23.0 Å². The summed E-state index contributed by atoms with van der Waals surface area (Å²) >= 11 is 4.09. The monoisotopic (exact) mass is 1220 g/mol. The normalized spacial score (nSPS) is 18.9. The lowest BCUT2D eigenvalue weighted by Gasteiger charge is -2.27. The van der Waals surface area contributed by atoms with Gasteiger partial charge in [0.2, 0.25) is 35.4 Å². The molecule has 5 aromatic carbocycles. The standard InChI is InChI=1S/C60H65N9O15S2/c1-32(63-53(71)16-10-9-15-52(70)61-17-18-67-54(72)28-51(85)60(67)77)55(73)64-33(2)56(74)65-38-20-34(30-83-49-26-42-40(24-47(49)81-3)58(75)68-39(29-62-42)22-36-11-5-7-13-44(36)68)19-35(21-38)31-84-50-27-43-41(25-48(50)82-4)59(76)69-45-14-8-6-12-37(45)23-46(69)57(66-43)86(78,79)80/h5-8,11-14,19-21,24-27,32-33,39,46,51,57,62,66,85H,9-10,15-18,22-23,28-31H2,1-4H3,(H,61,70)(H,63,71)(H,64,73)(H,65,74)(H,78,79,80)/t32-,33-,39-,46-,51?,57?/m0/s1. The van der Waals surface area contributed by atoms with Gasteiger partial charge in [-0.1, -0.05) is 36.4 Å². The van der Waals surface area contributed by atoms with Crippen LogP contribution < -0.4 is 60.6 Å². The number of ether oxygens (including phenoxy) is 4. The second-order valence-electron chi connectivity index (χ2n) is 21.6. The number of nitrogens with zero attached hydrogens (tertiary/aromatic N) is 3. The number of hydrogen-bond acceptors (Lipinski definition) is 17. The Morgan fingerprint density at radius 2 is 1.27 bits per heavy atom. The van der Waals surface area contributed by atoms with Crippen LogP contribution in [-0.2, 0) is 64.9 Å². The molecule has 0 radical (unpaired) electrons. The van der Waals surface area contributed by atoms with E-state index in [2.05, 4.69) is 44.5 Å². The van der Waals surface area contributed by atoms with Crippen molar-refractivity contribution < 1.29 is 70.3 Å². The first-order valence-electron chi connectivity index (χ1n) is 28.0. The zero-order chi connectivity index (χ0) is 61.1. The minimum absolute atomic E-state index is 0.0104. The van der Waals surface area contributed by atoms with Crippen molar-refractivity contribution in [2.45, 2.75) is 107 Å². The van der Waals surface area contributed by atoms with Gasteiger partial charge in [-0.05, 0) is 104 Å². The Bertz CT molecular complexity index is 3680. The van der Waals surface area contributed by atoms with E-state index in [1.165, 1.54) is 45.1 Å². The molecule has 1 saturated heterocycles. The number of rotatable bonds is 22. The molecule has 0 aliphatic carbocycles. The zero-order valence-corrected chi connectivity index (χ0v) is 49.2. The number of methoxy groups -OCH3 is 2. The molecule has 0 bridgehead atoms. The lowest BCUT2D eigenvalue weighted by atomic mass is 10.1. The Kier molecular flexibility index (Phi) is 17.8. The molecule has 5 heterocycles. The molecule has 0 saturated carbocycles. The maximum Gasteiger partial charge on any atom is 0.288 e. The van der Waals surface area contributed by atoms with Gasteiger partial charge < -0.3 is 60.6 Å². The van der Waals surface area contributed by atoms with E-state index in [1.807, 2.05) is 29.2 Å². The summed E-state index contributed by atoms with van der Waals surface area (Å²) in [4.78, 5) is 109. The van der Waals surface area contributed by atoms with Gasteiger partial charge in [-0.3, -0.25) is 47.8 Å². The molecule has 1 fully saturated rings. The van der Waals surface area contributed by atoms with Gasteiger partial charge in [0.1, 0.15) is 25.3 Å². The maximum absolute atomic E-state index is 14.3. The molecule has 8 amide bonds. The van der Waals surface area contributed by atoms with Crippen molar-refractivity contribution in [2.24, 2.45) is 0 Å². The van der Waals surface area contributed by atoms with Gasteiger partial charge in [-0.25, -0.2) is 0 Å². The first kappa shape index (κ1) is 60.2. The number of anilines is 5. The number of hydrogen-bond donors (Lipinski definition) is 8. The summed E-state index contributed by atoms with van der Waals surface area (Å²) in [5.74, 6) is -2.68. The van der Waals surface area contributed by atoms with E-state index < -0.39 is 68.4 Å². The summed E-state index contributed by atoms with van der Waals surface area (Å²) < 4.78 is 60.8. The smallest absolute Gasteiger partial charge is 0.288 e. The molecular weight excluding hydrogens is 1150 g/mol. The Morgan fingerprint density at radius 3 is 1.88 bits per heavy atom. The fourth-order valence-electron chi connectivity index (χ4n) is 11.3. The third kappa shape index (κ3) is 12.9. The van der Waals surface area contributed by atoms with Gasteiger partial charge in [0.25, 0.3) is 21.9 Å². The summed E-state index contributed by atoms with van der Waals surface area (Å²) in [5, 5.41) is 14.8. The number of benzene rings is 5. The quantitative estimate of drug-likeness (QED) is 0.0201. The third-order valence-electron chi connectivity index (χ3n) is 15.7.